The number of rotatable bonds is 6. The van der Waals surface area contributed by atoms with Gasteiger partial charge in [0, 0.05) is 12.1 Å². The van der Waals surface area contributed by atoms with Gasteiger partial charge in [-0.3, -0.25) is 4.79 Å². The molecule has 0 aliphatic carbocycles. The van der Waals surface area contributed by atoms with Crippen LogP contribution in [0.1, 0.15) is 37.0 Å². The highest BCUT2D eigenvalue weighted by atomic mass is 16.5. The highest BCUT2D eigenvalue weighted by molar-refractivity contribution is 5.95. The van der Waals surface area contributed by atoms with Crippen molar-refractivity contribution in [2.24, 2.45) is 0 Å². The quantitative estimate of drug-likeness (QED) is 0.744. The van der Waals surface area contributed by atoms with Crippen LogP contribution in [0.5, 0.6) is 5.75 Å². The zero-order valence-electron chi connectivity index (χ0n) is 10.5. The van der Waals surface area contributed by atoms with Gasteiger partial charge in [0.05, 0.1) is 12.3 Å². The molecule has 0 aliphatic rings. The molecule has 0 radical (unpaired) electrons. The van der Waals surface area contributed by atoms with E-state index >= 15 is 0 Å². The first-order valence-corrected chi connectivity index (χ1v) is 5.99. The van der Waals surface area contributed by atoms with E-state index in [0.717, 1.165) is 12.8 Å². The van der Waals surface area contributed by atoms with E-state index in [9.17, 15) is 4.79 Å². The van der Waals surface area contributed by atoms with Gasteiger partial charge in [-0.1, -0.05) is 13.8 Å². The standard InChI is InChI=1S/C13H20N2O2/c1-3-7-15-13(16)10-5-6-11(14)12(9-10)17-8-4-2/h5-6,9H,3-4,7-8,14H2,1-2H3,(H,15,16). The predicted octanol–water partition coefficient (Wildman–Crippen LogP) is 2.20. The summed E-state index contributed by atoms with van der Waals surface area (Å²) in [6.45, 7) is 5.31. The van der Waals surface area contributed by atoms with Gasteiger partial charge in [0.25, 0.3) is 5.91 Å². The maximum atomic E-state index is 11.7. The Labute approximate surface area is 102 Å². The number of nitrogen functional groups attached to an aromatic ring is 1. The summed E-state index contributed by atoms with van der Waals surface area (Å²) in [5, 5.41) is 2.82. The van der Waals surface area contributed by atoms with Crippen LogP contribution in [-0.2, 0) is 0 Å². The van der Waals surface area contributed by atoms with Crippen LogP contribution < -0.4 is 15.8 Å². The molecular weight excluding hydrogens is 216 g/mol. The minimum atomic E-state index is -0.0896. The van der Waals surface area contributed by atoms with Crippen LogP contribution in [-0.4, -0.2) is 19.1 Å². The number of hydrogen-bond donors (Lipinski definition) is 2. The van der Waals surface area contributed by atoms with Crippen molar-refractivity contribution in [1.29, 1.82) is 0 Å². The zero-order chi connectivity index (χ0) is 12.7. The summed E-state index contributed by atoms with van der Waals surface area (Å²) in [7, 11) is 0. The molecule has 3 N–H and O–H groups in total. The summed E-state index contributed by atoms with van der Waals surface area (Å²) in [5.74, 6) is 0.490. The first kappa shape index (κ1) is 13.4. The van der Waals surface area contributed by atoms with Gasteiger partial charge in [0.1, 0.15) is 5.75 Å². The molecule has 1 amide bonds. The Kier molecular flexibility index (Phi) is 5.33. The highest BCUT2D eigenvalue weighted by Gasteiger charge is 2.08. The second-order valence-corrected chi connectivity index (χ2v) is 3.86. The second kappa shape index (κ2) is 6.78. The van der Waals surface area contributed by atoms with Crippen molar-refractivity contribution in [2.75, 3.05) is 18.9 Å². The van der Waals surface area contributed by atoms with Crippen molar-refractivity contribution in [3.63, 3.8) is 0 Å². The summed E-state index contributed by atoms with van der Waals surface area (Å²) in [4.78, 5) is 11.7. The predicted molar refractivity (Wildman–Crippen MR) is 69.3 cm³/mol. The number of anilines is 1. The molecule has 94 valence electrons. The fourth-order valence-electron chi connectivity index (χ4n) is 1.35. The van der Waals surface area contributed by atoms with E-state index < -0.39 is 0 Å². The molecule has 0 atom stereocenters. The van der Waals surface area contributed by atoms with Gasteiger partial charge in [-0.05, 0) is 31.0 Å². The fraction of sp³-hybridized carbons (Fsp3) is 0.462. The van der Waals surface area contributed by atoms with Gasteiger partial charge in [-0.25, -0.2) is 0 Å². The highest BCUT2D eigenvalue weighted by Crippen LogP contribution is 2.22. The third kappa shape index (κ3) is 3.98. The molecule has 0 spiro atoms. The molecule has 0 unspecified atom stereocenters. The van der Waals surface area contributed by atoms with Gasteiger partial charge in [0.15, 0.2) is 0 Å². The molecule has 17 heavy (non-hydrogen) atoms. The van der Waals surface area contributed by atoms with Crippen LogP contribution in [0.2, 0.25) is 0 Å². The molecule has 1 aromatic rings. The normalized spacial score (nSPS) is 10.0. The summed E-state index contributed by atoms with van der Waals surface area (Å²) >= 11 is 0. The van der Waals surface area contributed by atoms with E-state index in [2.05, 4.69) is 5.32 Å². The fourth-order valence-corrected chi connectivity index (χ4v) is 1.35. The van der Waals surface area contributed by atoms with Crippen molar-refractivity contribution < 1.29 is 9.53 Å². The Balaban J connectivity index is 2.76. The minimum absolute atomic E-state index is 0.0896. The molecule has 4 nitrogen and oxygen atoms in total. The first-order chi connectivity index (χ1) is 8.19. The SMILES string of the molecule is CCCNC(=O)c1ccc(N)c(OCCC)c1. The van der Waals surface area contributed by atoms with Crippen molar-refractivity contribution in [3.05, 3.63) is 23.8 Å². The first-order valence-electron chi connectivity index (χ1n) is 5.99. The van der Waals surface area contributed by atoms with E-state index in [1.807, 2.05) is 13.8 Å². The topological polar surface area (TPSA) is 64.4 Å². The lowest BCUT2D eigenvalue weighted by Crippen LogP contribution is -2.24. The van der Waals surface area contributed by atoms with E-state index in [1.54, 1.807) is 18.2 Å². The number of amides is 1. The molecule has 0 aromatic heterocycles. The van der Waals surface area contributed by atoms with Gasteiger partial charge in [0.2, 0.25) is 0 Å². The zero-order valence-corrected chi connectivity index (χ0v) is 10.5. The van der Waals surface area contributed by atoms with Crippen LogP contribution in [0.4, 0.5) is 5.69 Å². The molecule has 0 bridgehead atoms. The lowest BCUT2D eigenvalue weighted by molar-refractivity contribution is 0.0953. The Morgan fingerprint density at radius 3 is 2.76 bits per heavy atom. The van der Waals surface area contributed by atoms with E-state index in [4.69, 9.17) is 10.5 Å². The Morgan fingerprint density at radius 1 is 1.35 bits per heavy atom. The Morgan fingerprint density at radius 2 is 2.12 bits per heavy atom. The third-order valence-electron chi connectivity index (χ3n) is 2.27. The molecule has 0 heterocycles. The van der Waals surface area contributed by atoms with Gasteiger partial charge in [-0.15, -0.1) is 0 Å². The maximum absolute atomic E-state index is 11.7. The average Bonchev–Trinajstić information content (AvgIpc) is 2.35. The summed E-state index contributed by atoms with van der Waals surface area (Å²) < 4.78 is 5.48. The minimum Gasteiger partial charge on any atom is -0.491 e. The van der Waals surface area contributed by atoms with Crippen LogP contribution >= 0.6 is 0 Å². The van der Waals surface area contributed by atoms with Crippen LogP contribution in [0.15, 0.2) is 18.2 Å². The molecule has 1 aromatic carbocycles. The number of carbonyl (C=O) groups is 1. The molecule has 0 saturated carbocycles. The number of nitrogens with one attached hydrogen (secondary N) is 1. The number of nitrogens with two attached hydrogens (primary N) is 1. The lowest BCUT2D eigenvalue weighted by atomic mass is 10.1. The van der Waals surface area contributed by atoms with Crippen molar-refractivity contribution in [3.8, 4) is 5.75 Å². The van der Waals surface area contributed by atoms with Crippen LogP contribution in [0, 0.1) is 0 Å². The van der Waals surface area contributed by atoms with Crippen LogP contribution in [0.3, 0.4) is 0 Å². The van der Waals surface area contributed by atoms with E-state index in [0.29, 0.717) is 30.2 Å². The maximum Gasteiger partial charge on any atom is 0.251 e. The molecule has 1 rings (SSSR count). The van der Waals surface area contributed by atoms with Gasteiger partial charge < -0.3 is 15.8 Å². The monoisotopic (exact) mass is 236 g/mol. The Bertz CT molecular complexity index is 378. The van der Waals surface area contributed by atoms with Crippen LogP contribution in [0.25, 0.3) is 0 Å². The molecule has 4 heteroatoms. The number of ether oxygens (including phenoxy) is 1. The van der Waals surface area contributed by atoms with Crippen molar-refractivity contribution in [2.45, 2.75) is 26.7 Å². The number of benzene rings is 1. The largest absolute Gasteiger partial charge is 0.491 e. The number of carbonyl (C=O) groups excluding carboxylic acids is 1. The molecule has 0 fully saturated rings. The summed E-state index contributed by atoms with van der Waals surface area (Å²) in [6, 6.07) is 5.10. The second-order valence-electron chi connectivity index (χ2n) is 3.86. The van der Waals surface area contributed by atoms with Crippen molar-refractivity contribution in [1.82, 2.24) is 5.32 Å². The summed E-state index contributed by atoms with van der Waals surface area (Å²) in [5.41, 5.74) is 6.92. The Hall–Kier alpha value is -1.71. The van der Waals surface area contributed by atoms with E-state index in [1.165, 1.54) is 0 Å². The van der Waals surface area contributed by atoms with Crippen molar-refractivity contribution >= 4 is 11.6 Å². The molecule has 0 aliphatic heterocycles. The smallest absolute Gasteiger partial charge is 0.251 e. The van der Waals surface area contributed by atoms with E-state index in [-0.39, 0.29) is 5.91 Å². The average molecular weight is 236 g/mol. The van der Waals surface area contributed by atoms with Gasteiger partial charge >= 0.3 is 0 Å². The lowest BCUT2D eigenvalue weighted by Gasteiger charge is -2.10. The molecular formula is C13H20N2O2. The third-order valence-corrected chi connectivity index (χ3v) is 2.27. The number of hydrogen-bond acceptors (Lipinski definition) is 3. The summed E-state index contributed by atoms with van der Waals surface area (Å²) in [6.07, 6.45) is 1.83. The van der Waals surface area contributed by atoms with Gasteiger partial charge in [-0.2, -0.15) is 0 Å². The molecule has 0 saturated heterocycles.